The predicted molar refractivity (Wildman–Crippen MR) is 84.4 cm³/mol. The zero-order chi connectivity index (χ0) is 14.5. The van der Waals surface area contributed by atoms with Crippen LogP contribution in [0.5, 0.6) is 5.75 Å². The second kappa shape index (κ2) is 6.78. The number of rotatable bonds is 5. The van der Waals surface area contributed by atoms with Gasteiger partial charge in [0.1, 0.15) is 5.75 Å². The molecule has 0 amide bonds. The molecule has 0 aliphatic carbocycles. The Morgan fingerprint density at radius 1 is 1.15 bits per heavy atom. The average Bonchev–Trinajstić information content (AvgIpc) is 2.48. The molecule has 0 spiro atoms. The number of benzene rings is 2. The molecule has 2 nitrogen and oxygen atoms in total. The maximum absolute atomic E-state index is 6.14. The van der Waals surface area contributed by atoms with Crippen LogP contribution in [0.25, 0.3) is 0 Å². The zero-order valence-electron chi connectivity index (χ0n) is 12.1. The Kier molecular flexibility index (Phi) is 5.05. The molecule has 2 rings (SSSR count). The van der Waals surface area contributed by atoms with Crippen LogP contribution in [0.15, 0.2) is 42.5 Å². The van der Waals surface area contributed by atoms with E-state index in [1.807, 2.05) is 25.1 Å². The summed E-state index contributed by atoms with van der Waals surface area (Å²) in [6.07, 6.45) is 0. The summed E-state index contributed by atoms with van der Waals surface area (Å²) >= 11 is 6.14. The van der Waals surface area contributed by atoms with Gasteiger partial charge in [0.15, 0.2) is 0 Å². The molecule has 106 valence electrons. The largest absolute Gasteiger partial charge is 0.497 e. The van der Waals surface area contributed by atoms with Crippen LogP contribution in [0.1, 0.15) is 29.7 Å². The maximum Gasteiger partial charge on any atom is 0.118 e. The normalized spacial score (nSPS) is 12.2. The summed E-state index contributed by atoms with van der Waals surface area (Å²) < 4.78 is 5.17. The summed E-state index contributed by atoms with van der Waals surface area (Å²) in [5, 5.41) is 4.32. The Morgan fingerprint density at radius 2 is 1.85 bits per heavy atom. The fraction of sp³-hybridized carbons (Fsp3) is 0.294. The van der Waals surface area contributed by atoms with E-state index < -0.39 is 0 Å². The van der Waals surface area contributed by atoms with Crippen molar-refractivity contribution < 1.29 is 4.74 Å². The molecule has 0 aliphatic rings. The van der Waals surface area contributed by atoms with Crippen molar-refractivity contribution >= 4 is 11.6 Å². The number of ether oxygens (including phenoxy) is 1. The van der Waals surface area contributed by atoms with Crippen LogP contribution in [0.2, 0.25) is 5.02 Å². The molecule has 2 aromatic carbocycles. The second-order valence-electron chi connectivity index (χ2n) is 4.96. The van der Waals surface area contributed by atoms with Crippen molar-refractivity contribution in [3.8, 4) is 5.75 Å². The zero-order valence-corrected chi connectivity index (χ0v) is 12.9. The lowest BCUT2D eigenvalue weighted by Gasteiger charge is -2.15. The first kappa shape index (κ1) is 14.9. The lowest BCUT2D eigenvalue weighted by molar-refractivity contribution is 0.414. The van der Waals surface area contributed by atoms with Gasteiger partial charge in [-0.25, -0.2) is 0 Å². The van der Waals surface area contributed by atoms with Crippen LogP contribution in [0, 0.1) is 6.92 Å². The monoisotopic (exact) mass is 289 g/mol. The van der Waals surface area contributed by atoms with Gasteiger partial charge >= 0.3 is 0 Å². The second-order valence-corrected chi connectivity index (χ2v) is 5.37. The highest BCUT2D eigenvalue weighted by Gasteiger charge is 2.05. The minimum atomic E-state index is 0.279. The SMILES string of the molecule is COc1ccc([C@H](C)NCc2ccc(C)c(Cl)c2)cc1. The fourth-order valence-electron chi connectivity index (χ4n) is 2.03. The summed E-state index contributed by atoms with van der Waals surface area (Å²) in [7, 11) is 1.68. The Morgan fingerprint density at radius 3 is 2.45 bits per heavy atom. The van der Waals surface area contributed by atoms with E-state index in [-0.39, 0.29) is 6.04 Å². The molecule has 3 heteroatoms. The van der Waals surface area contributed by atoms with Gasteiger partial charge in [0.05, 0.1) is 7.11 Å². The molecule has 0 unspecified atom stereocenters. The van der Waals surface area contributed by atoms with Crippen molar-refractivity contribution in [1.82, 2.24) is 5.32 Å². The molecule has 1 atom stereocenters. The van der Waals surface area contributed by atoms with Crippen molar-refractivity contribution in [1.29, 1.82) is 0 Å². The first-order valence-electron chi connectivity index (χ1n) is 6.72. The Balaban J connectivity index is 1.96. The van der Waals surface area contributed by atoms with Gasteiger partial charge in [-0.1, -0.05) is 35.9 Å². The van der Waals surface area contributed by atoms with Crippen LogP contribution in [0.4, 0.5) is 0 Å². The quantitative estimate of drug-likeness (QED) is 0.874. The van der Waals surface area contributed by atoms with Gasteiger partial charge in [-0.05, 0) is 48.7 Å². The topological polar surface area (TPSA) is 21.3 Å². The smallest absolute Gasteiger partial charge is 0.118 e. The van der Waals surface area contributed by atoms with E-state index in [4.69, 9.17) is 16.3 Å². The highest BCUT2D eigenvalue weighted by Crippen LogP contribution is 2.19. The lowest BCUT2D eigenvalue weighted by atomic mass is 10.1. The van der Waals surface area contributed by atoms with Crippen molar-refractivity contribution in [3.63, 3.8) is 0 Å². The molecular formula is C17H20ClNO. The van der Waals surface area contributed by atoms with Crippen molar-refractivity contribution in [2.75, 3.05) is 7.11 Å². The highest BCUT2D eigenvalue weighted by molar-refractivity contribution is 6.31. The van der Waals surface area contributed by atoms with E-state index >= 15 is 0 Å². The van der Waals surface area contributed by atoms with Crippen LogP contribution in [0.3, 0.4) is 0 Å². The molecule has 2 aromatic rings. The molecule has 20 heavy (non-hydrogen) atoms. The van der Waals surface area contributed by atoms with Gasteiger partial charge < -0.3 is 10.1 Å². The minimum absolute atomic E-state index is 0.279. The van der Waals surface area contributed by atoms with Crippen LogP contribution >= 0.6 is 11.6 Å². The third kappa shape index (κ3) is 3.75. The molecule has 0 radical (unpaired) electrons. The van der Waals surface area contributed by atoms with Gasteiger partial charge in [-0.2, -0.15) is 0 Å². The third-order valence-electron chi connectivity index (χ3n) is 3.46. The number of nitrogens with one attached hydrogen (secondary N) is 1. The number of methoxy groups -OCH3 is 1. The maximum atomic E-state index is 6.14. The summed E-state index contributed by atoms with van der Waals surface area (Å²) in [4.78, 5) is 0. The molecule has 0 bridgehead atoms. The van der Waals surface area contributed by atoms with Gasteiger partial charge in [-0.3, -0.25) is 0 Å². The lowest BCUT2D eigenvalue weighted by Crippen LogP contribution is -2.18. The Labute approximate surface area is 125 Å². The average molecular weight is 290 g/mol. The van der Waals surface area contributed by atoms with Crippen LogP contribution in [-0.4, -0.2) is 7.11 Å². The molecule has 1 N–H and O–H groups in total. The molecule has 0 fully saturated rings. The molecule has 0 saturated carbocycles. The molecule has 0 aliphatic heterocycles. The Bertz CT molecular complexity index is 566. The summed E-state index contributed by atoms with van der Waals surface area (Å²) in [5.74, 6) is 0.881. The number of hydrogen-bond donors (Lipinski definition) is 1. The number of halogens is 1. The van der Waals surface area contributed by atoms with Gasteiger partial charge in [0.2, 0.25) is 0 Å². The summed E-state index contributed by atoms with van der Waals surface area (Å²) in [5.41, 5.74) is 3.54. The number of aryl methyl sites for hydroxylation is 1. The van der Waals surface area contributed by atoms with Crippen molar-refractivity contribution in [2.24, 2.45) is 0 Å². The van der Waals surface area contributed by atoms with E-state index in [0.29, 0.717) is 0 Å². The molecule has 0 heterocycles. The van der Waals surface area contributed by atoms with Crippen LogP contribution in [-0.2, 0) is 6.54 Å². The molecular weight excluding hydrogens is 270 g/mol. The molecule has 0 saturated heterocycles. The predicted octanol–water partition coefficient (Wildman–Crippen LogP) is 4.51. The highest BCUT2D eigenvalue weighted by atomic mass is 35.5. The summed E-state index contributed by atoms with van der Waals surface area (Å²) in [6.45, 7) is 4.96. The fourth-order valence-corrected chi connectivity index (χ4v) is 2.23. The molecule has 0 aromatic heterocycles. The van der Waals surface area contributed by atoms with E-state index in [9.17, 15) is 0 Å². The van der Waals surface area contributed by atoms with E-state index in [1.165, 1.54) is 11.1 Å². The van der Waals surface area contributed by atoms with Gasteiger partial charge in [-0.15, -0.1) is 0 Å². The summed E-state index contributed by atoms with van der Waals surface area (Å²) in [6, 6.07) is 14.6. The van der Waals surface area contributed by atoms with Crippen molar-refractivity contribution in [2.45, 2.75) is 26.4 Å². The van der Waals surface area contributed by atoms with Crippen molar-refractivity contribution in [3.05, 3.63) is 64.2 Å². The van der Waals surface area contributed by atoms with Crippen LogP contribution < -0.4 is 10.1 Å². The van der Waals surface area contributed by atoms with Gasteiger partial charge in [0, 0.05) is 17.6 Å². The first-order chi connectivity index (χ1) is 9.60. The minimum Gasteiger partial charge on any atom is -0.497 e. The number of hydrogen-bond acceptors (Lipinski definition) is 2. The van der Waals surface area contributed by atoms with E-state index in [1.54, 1.807) is 7.11 Å². The standard InChI is InChI=1S/C17H20ClNO/c1-12-4-5-14(10-17(12)18)11-19-13(2)15-6-8-16(20-3)9-7-15/h4-10,13,19H,11H2,1-3H3/t13-/m0/s1. The first-order valence-corrected chi connectivity index (χ1v) is 7.10. The third-order valence-corrected chi connectivity index (χ3v) is 3.87. The van der Waals surface area contributed by atoms with E-state index in [2.05, 4.69) is 36.5 Å². The van der Waals surface area contributed by atoms with E-state index in [0.717, 1.165) is 22.9 Å². The van der Waals surface area contributed by atoms with Gasteiger partial charge in [0.25, 0.3) is 0 Å². The Hall–Kier alpha value is -1.51.